The van der Waals surface area contributed by atoms with Gasteiger partial charge in [0, 0.05) is 0 Å². The predicted octanol–water partition coefficient (Wildman–Crippen LogP) is 2.85. The predicted molar refractivity (Wildman–Crippen MR) is 72.1 cm³/mol. The minimum atomic E-state index is -5.02. The zero-order valence-electron chi connectivity index (χ0n) is 11.7. The number of nitrogen functional groups attached to an aromatic ring is 1. The Hall–Kier alpha value is -1.76. The number of carbonyl (C=O) groups excluding carboxylic acids is 1. The van der Waals surface area contributed by atoms with Gasteiger partial charge in [0.05, 0.1) is 17.8 Å². The second kappa shape index (κ2) is 6.63. The number of carbonyl (C=O) groups is 1. The van der Waals surface area contributed by atoms with Crippen LogP contribution in [0, 0.1) is 0 Å². The Bertz CT molecular complexity index is 633. The minimum Gasteiger partial charge on any atom is -0.394 e. The van der Waals surface area contributed by atoms with Crippen LogP contribution in [0.25, 0.3) is 0 Å². The topological polar surface area (TPSA) is 97.5 Å². The summed E-state index contributed by atoms with van der Waals surface area (Å²) in [5, 5.41) is 10.7. The van der Waals surface area contributed by atoms with Gasteiger partial charge in [-0.05, 0) is 28.9 Å². The number of halogens is 7. The Labute approximate surface area is 139 Å². The molecule has 0 radical (unpaired) electrons. The number of nitrogens with zero attached hydrogens (tertiary/aromatic N) is 1. The van der Waals surface area contributed by atoms with Crippen LogP contribution in [0.1, 0.15) is 12.5 Å². The van der Waals surface area contributed by atoms with Crippen LogP contribution in [0.4, 0.5) is 36.8 Å². The van der Waals surface area contributed by atoms with Crippen molar-refractivity contribution in [3.05, 3.63) is 16.2 Å². The molecule has 0 spiro atoms. The van der Waals surface area contributed by atoms with E-state index in [1.165, 1.54) is 0 Å². The molecule has 1 aromatic rings. The molecule has 1 heterocycles. The second-order valence-electron chi connectivity index (χ2n) is 4.73. The van der Waals surface area contributed by atoms with Crippen molar-refractivity contribution < 1.29 is 41.0 Å². The van der Waals surface area contributed by atoms with Gasteiger partial charge in [0.15, 0.2) is 5.60 Å². The fourth-order valence-electron chi connectivity index (χ4n) is 1.24. The molecule has 4 N–H and O–H groups in total. The number of ether oxygens (including phenoxy) is 1. The first-order chi connectivity index (χ1) is 10.6. The first-order valence-corrected chi connectivity index (χ1v) is 6.72. The smallest absolute Gasteiger partial charge is 0.394 e. The van der Waals surface area contributed by atoms with Crippen LogP contribution >= 0.6 is 15.9 Å². The summed E-state index contributed by atoms with van der Waals surface area (Å²) >= 11 is 2.52. The lowest BCUT2D eigenvalue weighted by Crippen LogP contribution is -2.51. The van der Waals surface area contributed by atoms with Crippen molar-refractivity contribution in [3.8, 4) is 5.88 Å². The van der Waals surface area contributed by atoms with E-state index in [0.717, 1.165) is 0 Å². The number of pyridine rings is 1. The lowest BCUT2D eigenvalue weighted by atomic mass is 10.1. The van der Waals surface area contributed by atoms with E-state index in [4.69, 9.17) is 10.8 Å². The molecular formula is C11H10BrF6N3O3. The molecule has 0 unspecified atom stereocenters. The zero-order valence-corrected chi connectivity index (χ0v) is 13.3. The molecule has 0 aliphatic heterocycles. The third kappa shape index (κ3) is 4.87. The van der Waals surface area contributed by atoms with Crippen molar-refractivity contribution >= 4 is 27.7 Å². The molecule has 0 saturated heterocycles. The SMILES string of the molecule is C[C@@](O)(CNC(=O)Oc1nc(Br)c(C(F)(F)F)cc1N)C(F)(F)F. The average molecular weight is 426 g/mol. The highest BCUT2D eigenvalue weighted by Gasteiger charge is 2.50. The molecule has 0 bridgehead atoms. The largest absolute Gasteiger partial charge is 0.419 e. The third-order valence-electron chi connectivity index (χ3n) is 2.65. The maximum Gasteiger partial charge on any atom is 0.419 e. The maximum atomic E-state index is 12.6. The fourth-order valence-corrected chi connectivity index (χ4v) is 1.74. The van der Waals surface area contributed by atoms with Crippen LogP contribution in [0.2, 0.25) is 0 Å². The van der Waals surface area contributed by atoms with Crippen LogP contribution in [-0.2, 0) is 6.18 Å². The van der Waals surface area contributed by atoms with Crippen molar-refractivity contribution in [2.24, 2.45) is 0 Å². The summed E-state index contributed by atoms with van der Waals surface area (Å²) in [6, 6.07) is 0.436. The molecule has 0 aromatic carbocycles. The van der Waals surface area contributed by atoms with Gasteiger partial charge in [-0.15, -0.1) is 0 Å². The summed E-state index contributed by atoms with van der Waals surface area (Å²) in [4.78, 5) is 14.7. The number of alkyl halides is 6. The molecular weight excluding hydrogens is 416 g/mol. The summed E-state index contributed by atoms with van der Waals surface area (Å²) in [5.74, 6) is -0.751. The van der Waals surface area contributed by atoms with Gasteiger partial charge in [-0.2, -0.15) is 26.3 Å². The zero-order chi connectivity index (χ0) is 18.9. The van der Waals surface area contributed by atoms with E-state index in [1.54, 1.807) is 5.32 Å². The van der Waals surface area contributed by atoms with E-state index in [2.05, 4.69) is 25.7 Å². The molecule has 0 aliphatic carbocycles. The van der Waals surface area contributed by atoms with Gasteiger partial charge in [-0.25, -0.2) is 9.78 Å². The van der Waals surface area contributed by atoms with Crippen molar-refractivity contribution in [1.82, 2.24) is 10.3 Å². The molecule has 6 nitrogen and oxygen atoms in total. The molecule has 0 fully saturated rings. The summed E-state index contributed by atoms with van der Waals surface area (Å²) in [6.07, 6.45) is -11.3. The number of nitrogens with one attached hydrogen (secondary N) is 1. The molecule has 1 aromatic heterocycles. The van der Waals surface area contributed by atoms with Crippen LogP contribution < -0.4 is 15.8 Å². The van der Waals surface area contributed by atoms with Crippen LogP contribution in [0.5, 0.6) is 5.88 Å². The van der Waals surface area contributed by atoms with Crippen LogP contribution in [-0.4, -0.2) is 34.5 Å². The van der Waals surface area contributed by atoms with Crippen molar-refractivity contribution in [2.75, 3.05) is 12.3 Å². The number of aromatic nitrogens is 1. The molecule has 1 rings (SSSR count). The monoisotopic (exact) mass is 425 g/mol. The number of amides is 1. The summed E-state index contributed by atoms with van der Waals surface area (Å²) in [5.41, 5.74) is 0.146. The van der Waals surface area contributed by atoms with E-state index in [0.29, 0.717) is 13.0 Å². The Balaban J connectivity index is 2.84. The number of nitrogens with two attached hydrogens (primary N) is 1. The van der Waals surface area contributed by atoms with Gasteiger partial charge >= 0.3 is 18.4 Å². The Morgan fingerprint density at radius 1 is 1.38 bits per heavy atom. The van der Waals surface area contributed by atoms with E-state index in [9.17, 15) is 31.1 Å². The highest BCUT2D eigenvalue weighted by molar-refractivity contribution is 9.10. The number of aliphatic hydroxyl groups is 1. The minimum absolute atomic E-state index is 0.411. The lowest BCUT2D eigenvalue weighted by molar-refractivity contribution is -0.249. The van der Waals surface area contributed by atoms with Gasteiger partial charge in [0.1, 0.15) is 4.60 Å². The fraction of sp³-hybridized carbons (Fsp3) is 0.455. The summed E-state index contributed by atoms with van der Waals surface area (Å²) in [7, 11) is 0. The first-order valence-electron chi connectivity index (χ1n) is 5.93. The Kier molecular flexibility index (Phi) is 5.60. The molecule has 13 heteroatoms. The lowest BCUT2D eigenvalue weighted by Gasteiger charge is -2.26. The van der Waals surface area contributed by atoms with E-state index in [-0.39, 0.29) is 0 Å². The summed E-state index contributed by atoms with van der Waals surface area (Å²) in [6.45, 7) is -0.842. The standard InChI is InChI=1S/C11H10BrF6N3O3/c1-9(23,11(16,17)18)3-20-8(22)24-7-5(19)2-4(6(12)21-7)10(13,14)15/h2,23H,3,19H2,1H3,(H,20,22)/t9-/m1/s1. The highest BCUT2D eigenvalue weighted by Crippen LogP contribution is 2.37. The summed E-state index contributed by atoms with van der Waals surface area (Å²) < 4.78 is 78.7. The molecule has 0 saturated carbocycles. The van der Waals surface area contributed by atoms with E-state index < -0.39 is 52.3 Å². The molecule has 136 valence electrons. The quantitative estimate of drug-likeness (QED) is 0.511. The Morgan fingerprint density at radius 2 is 1.92 bits per heavy atom. The highest BCUT2D eigenvalue weighted by atomic mass is 79.9. The van der Waals surface area contributed by atoms with Gasteiger partial charge in [-0.1, -0.05) is 0 Å². The molecule has 24 heavy (non-hydrogen) atoms. The number of rotatable bonds is 3. The van der Waals surface area contributed by atoms with Crippen molar-refractivity contribution in [3.63, 3.8) is 0 Å². The first kappa shape index (κ1) is 20.3. The van der Waals surface area contributed by atoms with E-state index >= 15 is 0 Å². The van der Waals surface area contributed by atoms with Gasteiger partial charge in [0.25, 0.3) is 0 Å². The van der Waals surface area contributed by atoms with Crippen LogP contribution in [0.3, 0.4) is 0 Å². The van der Waals surface area contributed by atoms with Gasteiger partial charge in [-0.3, -0.25) is 0 Å². The number of hydrogen-bond donors (Lipinski definition) is 3. The Morgan fingerprint density at radius 3 is 2.38 bits per heavy atom. The number of anilines is 1. The van der Waals surface area contributed by atoms with Crippen molar-refractivity contribution in [1.29, 1.82) is 0 Å². The molecule has 1 amide bonds. The average Bonchev–Trinajstić information content (AvgIpc) is 2.37. The maximum absolute atomic E-state index is 12.6. The molecule has 1 atom stereocenters. The van der Waals surface area contributed by atoms with Crippen LogP contribution in [0.15, 0.2) is 10.7 Å². The van der Waals surface area contributed by atoms with Gasteiger partial charge in [0.2, 0.25) is 5.88 Å². The second-order valence-corrected chi connectivity index (χ2v) is 5.48. The van der Waals surface area contributed by atoms with Crippen molar-refractivity contribution in [2.45, 2.75) is 24.9 Å². The van der Waals surface area contributed by atoms with Gasteiger partial charge < -0.3 is 20.9 Å². The number of hydrogen-bond acceptors (Lipinski definition) is 5. The van der Waals surface area contributed by atoms with E-state index in [1.807, 2.05) is 0 Å². The molecule has 0 aliphatic rings. The third-order valence-corrected chi connectivity index (χ3v) is 3.26. The normalized spacial score (nSPS) is 14.9.